The fourth-order valence-electron chi connectivity index (χ4n) is 2.35. The SMILES string of the molecule is CC(C)(C)c1nc(-c2ccc(C(F)(F)F)cc2)nc(-c2cc(C(F)(F)F)n[nH]2)n1. The number of aromatic amines is 1. The lowest BCUT2D eigenvalue weighted by molar-refractivity contribution is -0.141. The average Bonchev–Trinajstić information content (AvgIpc) is 3.10. The zero-order valence-electron chi connectivity index (χ0n) is 15.4. The van der Waals surface area contributed by atoms with Crippen molar-refractivity contribution in [3.63, 3.8) is 0 Å². The molecule has 2 aromatic heterocycles. The topological polar surface area (TPSA) is 67.3 Å². The third-order valence-electron chi connectivity index (χ3n) is 3.89. The van der Waals surface area contributed by atoms with E-state index < -0.39 is 29.0 Å². The summed E-state index contributed by atoms with van der Waals surface area (Å²) in [5, 5.41) is 5.46. The van der Waals surface area contributed by atoms with Gasteiger partial charge in [0.1, 0.15) is 11.5 Å². The van der Waals surface area contributed by atoms with Crippen molar-refractivity contribution in [1.29, 1.82) is 0 Å². The van der Waals surface area contributed by atoms with Crippen LogP contribution in [-0.2, 0) is 17.8 Å². The van der Waals surface area contributed by atoms with E-state index in [1.807, 2.05) is 0 Å². The summed E-state index contributed by atoms with van der Waals surface area (Å²) in [5.74, 6) is 0.209. The van der Waals surface area contributed by atoms with E-state index in [0.29, 0.717) is 0 Å². The van der Waals surface area contributed by atoms with Crippen LogP contribution in [0.3, 0.4) is 0 Å². The second-order valence-electron chi connectivity index (χ2n) is 7.30. The summed E-state index contributed by atoms with van der Waals surface area (Å²) in [6, 6.07) is 4.92. The highest BCUT2D eigenvalue weighted by Crippen LogP contribution is 2.32. The minimum Gasteiger partial charge on any atom is -0.274 e. The number of nitrogens with one attached hydrogen (secondary N) is 1. The molecule has 3 rings (SSSR count). The molecule has 5 nitrogen and oxygen atoms in total. The number of alkyl halides is 6. The Bertz CT molecular complexity index is 1010. The molecule has 0 aliphatic carbocycles. The maximum atomic E-state index is 12.8. The Morgan fingerprint density at radius 1 is 0.759 bits per heavy atom. The first-order valence-electron chi connectivity index (χ1n) is 8.32. The summed E-state index contributed by atoms with van der Waals surface area (Å²) in [7, 11) is 0. The van der Waals surface area contributed by atoms with Gasteiger partial charge in [-0.1, -0.05) is 32.9 Å². The molecule has 2 heterocycles. The first-order chi connectivity index (χ1) is 13.2. The lowest BCUT2D eigenvalue weighted by Gasteiger charge is -2.18. The molecule has 0 amide bonds. The van der Waals surface area contributed by atoms with Gasteiger partial charge in [-0.15, -0.1) is 0 Å². The number of hydrogen-bond acceptors (Lipinski definition) is 4. The molecule has 0 unspecified atom stereocenters. The third kappa shape index (κ3) is 4.54. The highest BCUT2D eigenvalue weighted by Gasteiger charge is 2.34. The highest BCUT2D eigenvalue weighted by atomic mass is 19.4. The summed E-state index contributed by atoms with van der Waals surface area (Å²) in [4.78, 5) is 12.6. The predicted molar refractivity (Wildman–Crippen MR) is 91.5 cm³/mol. The van der Waals surface area contributed by atoms with E-state index in [1.165, 1.54) is 12.1 Å². The van der Waals surface area contributed by atoms with Crippen molar-refractivity contribution in [1.82, 2.24) is 25.1 Å². The van der Waals surface area contributed by atoms with Gasteiger partial charge in [0.25, 0.3) is 0 Å². The van der Waals surface area contributed by atoms with Gasteiger partial charge in [-0.2, -0.15) is 31.4 Å². The van der Waals surface area contributed by atoms with E-state index in [9.17, 15) is 26.3 Å². The number of benzene rings is 1. The van der Waals surface area contributed by atoms with Crippen molar-refractivity contribution in [2.24, 2.45) is 0 Å². The van der Waals surface area contributed by atoms with Crippen LogP contribution in [0.4, 0.5) is 26.3 Å². The predicted octanol–water partition coefficient (Wildman–Crippen LogP) is 5.26. The first-order valence-corrected chi connectivity index (χ1v) is 8.32. The van der Waals surface area contributed by atoms with E-state index in [0.717, 1.165) is 18.2 Å². The van der Waals surface area contributed by atoms with Crippen LogP contribution in [0, 0.1) is 0 Å². The lowest BCUT2D eigenvalue weighted by atomic mass is 9.95. The number of aromatic nitrogens is 5. The fraction of sp³-hybridized carbons (Fsp3) is 0.333. The first kappa shape index (κ1) is 20.7. The Balaban J connectivity index is 2.11. The molecule has 0 aliphatic rings. The van der Waals surface area contributed by atoms with E-state index in [2.05, 4.69) is 25.1 Å². The van der Waals surface area contributed by atoms with E-state index >= 15 is 0 Å². The normalized spacial score (nSPS) is 13.0. The minimum atomic E-state index is -4.65. The van der Waals surface area contributed by atoms with E-state index in [4.69, 9.17) is 0 Å². The molecule has 11 heteroatoms. The summed E-state index contributed by atoms with van der Waals surface area (Å²) in [5.41, 5.74) is -2.39. The van der Waals surface area contributed by atoms with Gasteiger partial charge in [-0.25, -0.2) is 15.0 Å². The minimum absolute atomic E-state index is 0.0387. The molecule has 0 saturated carbocycles. The van der Waals surface area contributed by atoms with Crippen LogP contribution in [0.5, 0.6) is 0 Å². The molecule has 0 saturated heterocycles. The highest BCUT2D eigenvalue weighted by molar-refractivity contribution is 5.59. The molecule has 1 N–H and O–H groups in total. The summed E-state index contributed by atoms with van der Waals surface area (Å²) in [6.45, 7) is 5.37. The molecule has 3 aromatic rings. The number of halogens is 6. The maximum Gasteiger partial charge on any atom is 0.435 e. The van der Waals surface area contributed by atoms with Crippen LogP contribution in [0.2, 0.25) is 0 Å². The van der Waals surface area contributed by atoms with Crippen molar-refractivity contribution >= 4 is 0 Å². The van der Waals surface area contributed by atoms with Crippen LogP contribution < -0.4 is 0 Å². The molecule has 0 aliphatic heterocycles. The van der Waals surface area contributed by atoms with Crippen molar-refractivity contribution in [3.8, 4) is 22.9 Å². The van der Waals surface area contributed by atoms with Gasteiger partial charge in [0, 0.05) is 11.0 Å². The second kappa shape index (κ2) is 6.82. The Morgan fingerprint density at radius 2 is 1.34 bits per heavy atom. The van der Waals surface area contributed by atoms with Crippen molar-refractivity contribution in [3.05, 3.63) is 47.4 Å². The van der Waals surface area contributed by atoms with Crippen LogP contribution in [0.15, 0.2) is 30.3 Å². The molecular formula is C18H15F6N5. The Morgan fingerprint density at radius 3 is 1.83 bits per heavy atom. The zero-order valence-corrected chi connectivity index (χ0v) is 15.4. The van der Waals surface area contributed by atoms with Gasteiger partial charge in [0.05, 0.1) is 5.56 Å². The number of H-pyrrole nitrogens is 1. The molecule has 29 heavy (non-hydrogen) atoms. The molecule has 0 fully saturated rings. The van der Waals surface area contributed by atoms with Crippen LogP contribution in [0.1, 0.15) is 37.9 Å². The van der Waals surface area contributed by atoms with Crippen molar-refractivity contribution in [2.45, 2.75) is 38.5 Å². The van der Waals surface area contributed by atoms with Crippen LogP contribution in [-0.4, -0.2) is 25.1 Å². The Hall–Kier alpha value is -2.98. The van der Waals surface area contributed by atoms with E-state index in [1.54, 1.807) is 20.8 Å². The number of rotatable bonds is 2. The van der Waals surface area contributed by atoms with Crippen LogP contribution in [0.25, 0.3) is 22.9 Å². The van der Waals surface area contributed by atoms with Crippen molar-refractivity contribution in [2.75, 3.05) is 0 Å². The average molecular weight is 415 g/mol. The number of nitrogens with zero attached hydrogens (tertiary/aromatic N) is 4. The van der Waals surface area contributed by atoms with Gasteiger partial charge in [0.2, 0.25) is 0 Å². The fourth-order valence-corrected chi connectivity index (χ4v) is 2.35. The van der Waals surface area contributed by atoms with E-state index in [-0.39, 0.29) is 28.7 Å². The third-order valence-corrected chi connectivity index (χ3v) is 3.89. The van der Waals surface area contributed by atoms with Gasteiger partial charge >= 0.3 is 12.4 Å². The molecule has 0 bridgehead atoms. The van der Waals surface area contributed by atoms with Gasteiger partial charge in [0.15, 0.2) is 17.3 Å². The molecule has 154 valence electrons. The van der Waals surface area contributed by atoms with Gasteiger partial charge < -0.3 is 0 Å². The molecule has 0 atom stereocenters. The summed E-state index contributed by atoms with van der Waals surface area (Å²) in [6.07, 6.45) is -9.14. The van der Waals surface area contributed by atoms with Crippen LogP contribution >= 0.6 is 0 Å². The summed E-state index contributed by atoms with van der Waals surface area (Å²) >= 11 is 0. The summed E-state index contributed by atoms with van der Waals surface area (Å²) < 4.78 is 76.9. The second-order valence-corrected chi connectivity index (χ2v) is 7.30. The van der Waals surface area contributed by atoms with Crippen molar-refractivity contribution < 1.29 is 26.3 Å². The maximum absolute atomic E-state index is 12.8. The zero-order chi connectivity index (χ0) is 21.6. The van der Waals surface area contributed by atoms with Gasteiger partial charge in [-0.3, -0.25) is 5.10 Å². The van der Waals surface area contributed by atoms with Gasteiger partial charge in [-0.05, 0) is 18.2 Å². The quantitative estimate of drug-likeness (QED) is 0.580. The monoisotopic (exact) mass is 415 g/mol. The number of hydrogen-bond donors (Lipinski definition) is 1. The molecular weight excluding hydrogens is 400 g/mol. The molecule has 0 spiro atoms. The molecule has 0 radical (unpaired) electrons. The lowest BCUT2D eigenvalue weighted by Crippen LogP contribution is -2.18. The standard InChI is InChI=1S/C18H15F6N5/c1-16(2,3)15-26-13(9-4-6-10(7-5-9)17(19,20)21)25-14(27-15)11-8-12(29-28-11)18(22,23)24/h4-8H,1-3H3,(H,28,29). The Kier molecular flexibility index (Phi) is 4.88. The Labute approximate surface area is 161 Å². The molecule has 1 aromatic carbocycles. The largest absolute Gasteiger partial charge is 0.435 e. The smallest absolute Gasteiger partial charge is 0.274 e.